The van der Waals surface area contributed by atoms with E-state index in [1.165, 1.54) is 6.07 Å². The normalized spacial score (nSPS) is 12.4. The Morgan fingerprint density at radius 1 is 1.15 bits per heavy atom. The topological polar surface area (TPSA) is 12.0 Å². The van der Waals surface area contributed by atoms with E-state index in [9.17, 15) is 4.39 Å². The summed E-state index contributed by atoms with van der Waals surface area (Å²) in [5.41, 5.74) is 1.86. The molecular formula is C16H16Cl2FN. The number of halogens is 3. The first kappa shape index (κ1) is 15.3. The summed E-state index contributed by atoms with van der Waals surface area (Å²) >= 11 is 12.1. The summed E-state index contributed by atoms with van der Waals surface area (Å²) in [6, 6.07) is 12.5. The Hall–Kier alpha value is -1.09. The van der Waals surface area contributed by atoms with Gasteiger partial charge in [-0.2, -0.15) is 0 Å². The zero-order valence-corrected chi connectivity index (χ0v) is 12.7. The maximum atomic E-state index is 13.6. The van der Waals surface area contributed by atoms with Crippen molar-refractivity contribution in [3.05, 3.63) is 69.5 Å². The molecule has 0 saturated carbocycles. The molecule has 20 heavy (non-hydrogen) atoms. The van der Waals surface area contributed by atoms with Crippen molar-refractivity contribution in [2.24, 2.45) is 0 Å². The van der Waals surface area contributed by atoms with Gasteiger partial charge < -0.3 is 5.32 Å². The number of nitrogens with one attached hydrogen (secondary N) is 1. The lowest BCUT2D eigenvalue weighted by Crippen LogP contribution is -2.23. The van der Waals surface area contributed by atoms with Crippen LogP contribution in [-0.2, 0) is 6.42 Å². The summed E-state index contributed by atoms with van der Waals surface area (Å²) in [6.45, 7) is 2.79. The Morgan fingerprint density at radius 3 is 2.60 bits per heavy atom. The molecule has 1 nitrogen and oxygen atoms in total. The molecule has 2 rings (SSSR count). The van der Waals surface area contributed by atoms with E-state index < -0.39 is 5.82 Å². The smallest absolute Gasteiger partial charge is 0.142 e. The highest BCUT2D eigenvalue weighted by molar-refractivity contribution is 6.31. The van der Waals surface area contributed by atoms with Gasteiger partial charge >= 0.3 is 0 Å². The first-order valence-corrected chi connectivity index (χ1v) is 7.29. The van der Waals surface area contributed by atoms with Crippen LogP contribution >= 0.6 is 23.2 Å². The molecule has 0 saturated heterocycles. The first-order valence-electron chi connectivity index (χ1n) is 6.53. The third kappa shape index (κ3) is 3.72. The van der Waals surface area contributed by atoms with Gasteiger partial charge in [0.2, 0.25) is 0 Å². The predicted molar refractivity (Wildman–Crippen MR) is 83.0 cm³/mol. The van der Waals surface area contributed by atoms with Crippen molar-refractivity contribution in [1.29, 1.82) is 0 Å². The molecule has 0 amide bonds. The lowest BCUT2D eigenvalue weighted by Gasteiger charge is -2.20. The molecule has 0 spiro atoms. The van der Waals surface area contributed by atoms with E-state index in [4.69, 9.17) is 23.2 Å². The molecule has 0 bridgehead atoms. The van der Waals surface area contributed by atoms with E-state index in [0.29, 0.717) is 11.4 Å². The largest absolute Gasteiger partial charge is 0.310 e. The molecule has 1 N–H and O–H groups in total. The minimum Gasteiger partial charge on any atom is -0.310 e. The average molecular weight is 312 g/mol. The Labute approximate surface area is 128 Å². The van der Waals surface area contributed by atoms with Crippen LogP contribution in [0.3, 0.4) is 0 Å². The molecule has 2 aromatic carbocycles. The van der Waals surface area contributed by atoms with E-state index in [1.54, 1.807) is 6.07 Å². The zero-order valence-electron chi connectivity index (χ0n) is 11.2. The fourth-order valence-electron chi connectivity index (χ4n) is 2.23. The average Bonchev–Trinajstić information content (AvgIpc) is 2.42. The van der Waals surface area contributed by atoms with Crippen LogP contribution in [0.1, 0.15) is 24.1 Å². The van der Waals surface area contributed by atoms with Crippen LogP contribution in [0.15, 0.2) is 42.5 Å². The molecular weight excluding hydrogens is 296 g/mol. The van der Waals surface area contributed by atoms with E-state index in [-0.39, 0.29) is 11.1 Å². The molecule has 0 aliphatic carbocycles. The fourth-order valence-corrected chi connectivity index (χ4v) is 2.70. The highest BCUT2D eigenvalue weighted by atomic mass is 35.5. The molecule has 0 heterocycles. The minimum atomic E-state index is -0.391. The molecule has 0 aliphatic rings. The highest BCUT2D eigenvalue weighted by Gasteiger charge is 2.16. The second-order valence-electron chi connectivity index (χ2n) is 4.59. The summed E-state index contributed by atoms with van der Waals surface area (Å²) in [5, 5.41) is 4.22. The molecule has 0 fully saturated rings. The van der Waals surface area contributed by atoms with E-state index in [0.717, 1.165) is 17.7 Å². The van der Waals surface area contributed by atoms with Crippen molar-refractivity contribution in [2.75, 3.05) is 6.54 Å². The van der Waals surface area contributed by atoms with Crippen LogP contribution in [0.2, 0.25) is 10.0 Å². The third-order valence-corrected chi connectivity index (χ3v) is 3.77. The second-order valence-corrected chi connectivity index (χ2v) is 5.40. The second kappa shape index (κ2) is 7.07. The van der Waals surface area contributed by atoms with Crippen molar-refractivity contribution >= 4 is 23.2 Å². The fraction of sp³-hybridized carbons (Fsp3) is 0.250. The van der Waals surface area contributed by atoms with Crippen molar-refractivity contribution in [3.8, 4) is 0 Å². The number of hydrogen-bond acceptors (Lipinski definition) is 1. The molecule has 1 unspecified atom stereocenters. The number of likely N-dealkylation sites (N-methyl/N-ethyl adjacent to an activating group) is 1. The van der Waals surface area contributed by atoms with Gasteiger partial charge in [0.25, 0.3) is 0 Å². The van der Waals surface area contributed by atoms with Gasteiger partial charge in [-0.1, -0.05) is 54.4 Å². The third-order valence-electron chi connectivity index (χ3n) is 3.14. The maximum Gasteiger partial charge on any atom is 0.142 e. The van der Waals surface area contributed by atoms with Gasteiger partial charge in [-0.15, -0.1) is 0 Å². The molecule has 1 atom stereocenters. The van der Waals surface area contributed by atoms with E-state index >= 15 is 0 Å². The van der Waals surface area contributed by atoms with Crippen LogP contribution in [-0.4, -0.2) is 6.54 Å². The molecule has 0 aliphatic heterocycles. The van der Waals surface area contributed by atoms with E-state index in [2.05, 4.69) is 5.32 Å². The molecule has 106 valence electrons. The molecule has 0 aromatic heterocycles. The van der Waals surface area contributed by atoms with Crippen LogP contribution in [0, 0.1) is 5.82 Å². The Bertz CT molecular complexity index is 586. The molecule has 0 radical (unpaired) electrons. The predicted octanol–water partition coefficient (Wildman–Crippen LogP) is 5.03. The molecule has 4 heteroatoms. The molecule has 2 aromatic rings. The number of benzene rings is 2. The van der Waals surface area contributed by atoms with Gasteiger partial charge in [0.1, 0.15) is 5.82 Å². The SMILES string of the molecule is CCNC(Cc1cccc(Cl)c1)c1cccc(F)c1Cl. The monoisotopic (exact) mass is 311 g/mol. The van der Waals surface area contributed by atoms with Crippen LogP contribution in [0.4, 0.5) is 4.39 Å². The van der Waals surface area contributed by atoms with Crippen LogP contribution in [0.25, 0.3) is 0 Å². The Kier molecular flexibility index (Phi) is 5.41. The summed E-state index contributed by atoms with van der Waals surface area (Å²) in [4.78, 5) is 0. The van der Waals surface area contributed by atoms with Crippen molar-refractivity contribution in [3.63, 3.8) is 0 Å². The number of hydrogen-bond donors (Lipinski definition) is 1. The van der Waals surface area contributed by atoms with Crippen LogP contribution in [0.5, 0.6) is 0 Å². The van der Waals surface area contributed by atoms with E-state index in [1.807, 2.05) is 37.3 Å². The van der Waals surface area contributed by atoms with Crippen molar-refractivity contribution in [2.45, 2.75) is 19.4 Å². The summed E-state index contributed by atoms with van der Waals surface area (Å²) in [7, 11) is 0. The first-order chi connectivity index (χ1) is 9.61. The quantitative estimate of drug-likeness (QED) is 0.817. The van der Waals surface area contributed by atoms with Gasteiger partial charge in [-0.3, -0.25) is 0 Å². The lowest BCUT2D eigenvalue weighted by molar-refractivity contribution is 0.543. The van der Waals surface area contributed by atoms with Gasteiger partial charge in [0.05, 0.1) is 5.02 Å². The van der Waals surface area contributed by atoms with Crippen molar-refractivity contribution < 1.29 is 4.39 Å². The van der Waals surface area contributed by atoms with Gasteiger partial charge in [0, 0.05) is 11.1 Å². The summed E-state index contributed by atoms with van der Waals surface area (Å²) in [6.07, 6.45) is 0.706. The van der Waals surface area contributed by atoms with Gasteiger partial charge in [0.15, 0.2) is 0 Å². The Balaban J connectivity index is 2.29. The minimum absolute atomic E-state index is 0.0401. The summed E-state index contributed by atoms with van der Waals surface area (Å²) < 4.78 is 13.6. The summed E-state index contributed by atoms with van der Waals surface area (Å²) in [5.74, 6) is -0.391. The van der Waals surface area contributed by atoms with Gasteiger partial charge in [-0.25, -0.2) is 4.39 Å². The standard InChI is InChI=1S/C16H16Cl2FN/c1-2-20-15(10-11-5-3-6-12(17)9-11)13-7-4-8-14(19)16(13)18/h3-9,15,20H,2,10H2,1H3. The van der Waals surface area contributed by atoms with Gasteiger partial charge in [-0.05, 0) is 42.3 Å². The number of rotatable bonds is 5. The maximum absolute atomic E-state index is 13.6. The highest BCUT2D eigenvalue weighted by Crippen LogP contribution is 2.28. The van der Waals surface area contributed by atoms with Crippen LogP contribution < -0.4 is 5.32 Å². The lowest BCUT2D eigenvalue weighted by atomic mass is 9.98. The van der Waals surface area contributed by atoms with Crippen molar-refractivity contribution in [1.82, 2.24) is 5.32 Å². The Morgan fingerprint density at radius 2 is 1.90 bits per heavy atom. The zero-order chi connectivity index (χ0) is 14.5.